The number of nitrogens with zero attached hydrogens (tertiary/aromatic N) is 2. The van der Waals surface area contributed by atoms with Gasteiger partial charge in [0.2, 0.25) is 0 Å². The maximum atomic E-state index is 11.1. The Kier molecular flexibility index (Phi) is 6.83. The van der Waals surface area contributed by atoms with Crippen molar-refractivity contribution >= 4 is 17.3 Å². The third kappa shape index (κ3) is 5.66. The van der Waals surface area contributed by atoms with E-state index >= 15 is 0 Å². The molecule has 0 atom stereocenters. The molecule has 5 nitrogen and oxygen atoms in total. The number of aliphatic carboxylic acids is 1. The van der Waals surface area contributed by atoms with Gasteiger partial charge in [-0.15, -0.1) is 0 Å². The molecule has 2 aromatic carbocycles. The smallest absolute Gasteiger partial charge is 0.144 e. The lowest BCUT2D eigenvalue weighted by molar-refractivity contribution is -0.312. The van der Waals surface area contributed by atoms with Crippen molar-refractivity contribution < 1.29 is 14.6 Å². The van der Waals surface area contributed by atoms with Crippen LogP contribution in [0.5, 0.6) is 5.75 Å². The van der Waals surface area contributed by atoms with E-state index in [9.17, 15) is 9.90 Å². The topological polar surface area (TPSA) is 55.8 Å². The minimum absolute atomic E-state index is 0.00667. The summed E-state index contributed by atoms with van der Waals surface area (Å²) in [6, 6.07) is 13.0. The number of rotatable bonds is 3. The van der Waals surface area contributed by atoms with Crippen molar-refractivity contribution in [3.8, 4) is 16.9 Å². The molecule has 196 valence electrons. The van der Waals surface area contributed by atoms with Crippen LogP contribution >= 0.6 is 0 Å². The van der Waals surface area contributed by atoms with Crippen LogP contribution in [0.3, 0.4) is 0 Å². The van der Waals surface area contributed by atoms with Crippen LogP contribution in [-0.2, 0) is 10.2 Å². The van der Waals surface area contributed by atoms with E-state index in [1.807, 2.05) is 0 Å². The van der Waals surface area contributed by atoms with Gasteiger partial charge in [-0.2, -0.15) is 0 Å². The van der Waals surface area contributed by atoms with E-state index in [-0.39, 0.29) is 16.9 Å². The van der Waals surface area contributed by atoms with Gasteiger partial charge in [0.15, 0.2) is 0 Å². The number of carboxylic acid groups (broad SMARTS) is 1. The monoisotopic (exact) mass is 491 g/mol. The molecule has 1 saturated carbocycles. The third-order valence-electron chi connectivity index (χ3n) is 7.18. The number of carboxylic acids is 1. The number of benzene rings is 2. The molecule has 2 fully saturated rings. The number of carbonyl (C=O) groups is 1. The molecule has 0 amide bonds. The fraction of sp³-hybridized carbons (Fsp3) is 0.581. The summed E-state index contributed by atoms with van der Waals surface area (Å²) < 4.78 is 6.65. The molecule has 0 aromatic heterocycles. The minimum Gasteiger partial charge on any atom is -0.550 e. The molecule has 5 heteroatoms. The van der Waals surface area contributed by atoms with Crippen LogP contribution < -0.4 is 19.6 Å². The maximum absolute atomic E-state index is 11.1. The second-order valence-electron chi connectivity index (χ2n) is 13.6. The molecule has 0 radical (unpaired) electrons. The van der Waals surface area contributed by atoms with Crippen LogP contribution in [0.1, 0.15) is 73.3 Å². The summed E-state index contributed by atoms with van der Waals surface area (Å²) in [7, 11) is 2.17. The van der Waals surface area contributed by atoms with Gasteiger partial charge in [-0.05, 0) is 65.5 Å². The predicted molar refractivity (Wildman–Crippen MR) is 147 cm³/mol. The highest BCUT2D eigenvalue weighted by Gasteiger charge is 2.45. The summed E-state index contributed by atoms with van der Waals surface area (Å²) in [6.45, 7) is 17.4. The number of hydrogen-bond donors (Lipinski definition) is 0. The van der Waals surface area contributed by atoms with Gasteiger partial charge >= 0.3 is 0 Å². The highest BCUT2D eigenvalue weighted by atomic mass is 16.5. The molecule has 5 rings (SSSR count). The quantitative estimate of drug-likeness (QED) is 0.556. The Labute approximate surface area is 217 Å². The number of carbonyl (C=O) groups excluding carboxylic acids is 1. The molecule has 0 unspecified atom stereocenters. The van der Waals surface area contributed by atoms with Gasteiger partial charge in [-0.1, -0.05) is 60.6 Å². The molecule has 36 heavy (non-hydrogen) atoms. The molecule has 1 spiro atoms. The Balaban J connectivity index is 0.000000556. The lowest BCUT2D eigenvalue weighted by atomic mass is 9.77. The van der Waals surface area contributed by atoms with Gasteiger partial charge in [0, 0.05) is 43.3 Å². The van der Waals surface area contributed by atoms with Crippen molar-refractivity contribution in [3.63, 3.8) is 0 Å². The average Bonchev–Trinajstić information content (AvgIpc) is 2.68. The van der Waals surface area contributed by atoms with E-state index in [0.29, 0.717) is 18.5 Å². The highest BCUT2D eigenvalue weighted by Crippen LogP contribution is 2.50. The second kappa shape index (κ2) is 9.32. The van der Waals surface area contributed by atoms with E-state index in [1.54, 1.807) is 0 Å². The molecule has 1 aliphatic carbocycles. The van der Waals surface area contributed by atoms with Crippen molar-refractivity contribution in [2.24, 2.45) is 11.3 Å². The Bertz CT molecular complexity index is 1110. The summed E-state index contributed by atoms with van der Waals surface area (Å²) in [5, 5.41) is 11.1. The van der Waals surface area contributed by atoms with Crippen LogP contribution in [0.25, 0.3) is 11.1 Å². The lowest BCUT2D eigenvalue weighted by Crippen LogP contribution is -2.54. The second-order valence-corrected chi connectivity index (χ2v) is 13.6. The zero-order chi connectivity index (χ0) is 26.5. The van der Waals surface area contributed by atoms with Gasteiger partial charge in [0.25, 0.3) is 0 Å². The average molecular weight is 492 g/mol. The van der Waals surface area contributed by atoms with Crippen LogP contribution in [0.4, 0.5) is 11.4 Å². The zero-order valence-electron chi connectivity index (χ0n) is 23.4. The number of fused-ring (bicyclic) bond motifs is 1. The molecule has 2 aliphatic heterocycles. The van der Waals surface area contributed by atoms with Gasteiger partial charge in [0.1, 0.15) is 11.4 Å². The fourth-order valence-electron chi connectivity index (χ4n) is 5.05. The first-order valence-corrected chi connectivity index (χ1v) is 13.3. The molecule has 0 N–H and O–H groups in total. The maximum Gasteiger partial charge on any atom is 0.144 e. The van der Waals surface area contributed by atoms with Crippen molar-refractivity contribution in [3.05, 3.63) is 42.0 Å². The highest BCUT2D eigenvalue weighted by molar-refractivity contribution is 5.86. The third-order valence-corrected chi connectivity index (χ3v) is 7.18. The molecule has 2 aromatic rings. The Hall–Kier alpha value is -2.69. The number of likely N-dealkylation sites (N-methyl/N-ethyl adjacent to an activating group) is 1. The lowest BCUT2D eigenvalue weighted by Gasteiger charge is -2.49. The largest absolute Gasteiger partial charge is 0.550 e. The SMILES string of the molecule is CC(C)(C)C.CN1CC2(CCC2)Oc2cc(C(C)(C)C)cc(-c3cccc(N4CC(C(=O)[O-])C4)c3)c21. The molecule has 0 bridgehead atoms. The van der Waals surface area contributed by atoms with Gasteiger partial charge in [-0.25, -0.2) is 0 Å². The van der Waals surface area contributed by atoms with E-state index in [4.69, 9.17) is 4.74 Å². The standard InChI is InChI=1S/C26H32N2O3.C5H12/c1-25(2,3)19-12-21(23-22(13-19)31-26(9-6-10-26)16-27(23)4)17-7-5-8-20(11-17)28-14-18(15-28)24(29)30;1-5(2,3)4/h5,7-8,11-13,18H,6,9-10,14-16H2,1-4H3,(H,29,30);1-4H3/p-1. The minimum atomic E-state index is -0.956. The van der Waals surface area contributed by atoms with Gasteiger partial charge in [-0.3, -0.25) is 0 Å². The molecule has 1 saturated heterocycles. The summed E-state index contributed by atoms with van der Waals surface area (Å²) in [5.74, 6) is -0.343. The molecule has 3 aliphatic rings. The van der Waals surface area contributed by atoms with Gasteiger partial charge < -0.3 is 24.4 Å². The van der Waals surface area contributed by atoms with Crippen LogP contribution in [-0.4, -0.2) is 38.3 Å². The fourth-order valence-corrected chi connectivity index (χ4v) is 5.05. The van der Waals surface area contributed by atoms with Crippen molar-refractivity contribution in [2.45, 2.75) is 78.7 Å². The molecule has 2 heterocycles. The first kappa shape index (κ1) is 26.4. The summed E-state index contributed by atoms with van der Waals surface area (Å²) in [5.41, 5.74) is 6.26. The predicted octanol–water partition coefficient (Wildman–Crippen LogP) is 5.64. The Morgan fingerprint density at radius 1 is 1.03 bits per heavy atom. The zero-order valence-corrected chi connectivity index (χ0v) is 23.4. The Morgan fingerprint density at radius 2 is 1.67 bits per heavy atom. The summed E-state index contributed by atoms with van der Waals surface area (Å²) >= 11 is 0. The van der Waals surface area contributed by atoms with Crippen molar-refractivity contribution in [1.82, 2.24) is 0 Å². The van der Waals surface area contributed by atoms with E-state index in [2.05, 4.69) is 102 Å². The van der Waals surface area contributed by atoms with E-state index in [1.165, 1.54) is 17.5 Å². The van der Waals surface area contributed by atoms with E-state index < -0.39 is 5.97 Å². The van der Waals surface area contributed by atoms with Crippen molar-refractivity contribution in [2.75, 3.05) is 36.5 Å². The van der Waals surface area contributed by atoms with Crippen LogP contribution in [0.2, 0.25) is 0 Å². The first-order valence-electron chi connectivity index (χ1n) is 13.3. The van der Waals surface area contributed by atoms with E-state index in [0.717, 1.165) is 42.1 Å². The van der Waals surface area contributed by atoms with Crippen molar-refractivity contribution in [1.29, 1.82) is 0 Å². The van der Waals surface area contributed by atoms with Crippen LogP contribution in [0, 0.1) is 11.3 Å². The normalized spacial score (nSPS) is 18.9. The molecular weight excluding hydrogens is 448 g/mol. The van der Waals surface area contributed by atoms with Gasteiger partial charge in [0.05, 0.1) is 12.2 Å². The number of anilines is 2. The number of hydrogen-bond acceptors (Lipinski definition) is 5. The molecular formula is C31H43N2O3-. The summed E-state index contributed by atoms with van der Waals surface area (Å²) in [4.78, 5) is 15.6. The van der Waals surface area contributed by atoms with Crippen LogP contribution in [0.15, 0.2) is 36.4 Å². The summed E-state index contributed by atoms with van der Waals surface area (Å²) in [6.07, 6.45) is 3.48. The first-order chi connectivity index (χ1) is 16.7. The number of ether oxygens (including phenoxy) is 1. The Morgan fingerprint density at radius 3 is 2.19 bits per heavy atom.